The molecule has 1 aromatic carbocycles. The van der Waals surface area contributed by atoms with E-state index in [1.807, 2.05) is 0 Å². The Labute approximate surface area is 168 Å². The second-order valence-electron chi connectivity index (χ2n) is 6.63. The predicted molar refractivity (Wildman–Crippen MR) is 102 cm³/mol. The minimum Gasteiger partial charge on any atom is -0.469 e. The predicted octanol–water partition coefficient (Wildman–Crippen LogP) is -0.920. The molecule has 1 aliphatic rings. The van der Waals surface area contributed by atoms with E-state index in [0.29, 0.717) is 5.56 Å². The molecule has 3 unspecified atom stereocenters. The molecule has 1 heterocycles. The van der Waals surface area contributed by atoms with Crippen LogP contribution in [0.1, 0.15) is 25.8 Å². The lowest BCUT2D eigenvalue weighted by molar-refractivity contribution is -0.266. The molecule has 0 aromatic heterocycles. The van der Waals surface area contributed by atoms with Gasteiger partial charge in [0.1, 0.15) is 36.8 Å². The molecular weight excluding hydrogens is 385 g/mol. The number of hydrogen-bond donors (Lipinski definition) is 4. The summed E-state index contributed by atoms with van der Waals surface area (Å²) < 4.78 is 15.9. The molecule has 1 aliphatic heterocycles. The van der Waals surface area contributed by atoms with E-state index in [0.717, 1.165) is 0 Å². The summed E-state index contributed by atoms with van der Waals surface area (Å²) in [4.78, 5) is 34.5. The molecule has 0 aliphatic carbocycles. The number of hydrogen-bond acceptors (Lipinski definition) is 9. The highest BCUT2D eigenvalue weighted by Gasteiger charge is 2.47. The van der Waals surface area contributed by atoms with Gasteiger partial charge < -0.3 is 34.8 Å². The lowest BCUT2D eigenvalue weighted by Gasteiger charge is -2.39. The molecule has 1 saturated heterocycles. The second kappa shape index (κ2) is 9.83. The van der Waals surface area contributed by atoms with Gasteiger partial charge in [-0.2, -0.15) is 0 Å². The summed E-state index contributed by atoms with van der Waals surface area (Å²) in [5.74, 6) is -1.25. The van der Waals surface area contributed by atoms with E-state index in [9.17, 15) is 29.7 Å². The number of rotatable bonds is 7. The first-order valence-corrected chi connectivity index (χ1v) is 9.07. The van der Waals surface area contributed by atoms with E-state index in [4.69, 9.17) is 14.2 Å². The SMILES string of the molecule is BC(=O)OCc1ccc(OC2OC(C(=O)CC)[C@@H](O)C(O)[C@H]2O)c(NC(C)=O)c1. The van der Waals surface area contributed by atoms with Crippen molar-refractivity contribution in [2.45, 2.75) is 57.6 Å². The van der Waals surface area contributed by atoms with Gasteiger partial charge in [0.05, 0.1) is 5.69 Å². The Balaban J connectivity index is 2.26. The third-order valence-electron chi connectivity index (χ3n) is 4.28. The zero-order chi connectivity index (χ0) is 21.7. The Bertz CT molecular complexity index is 772. The Morgan fingerprint density at radius 3 is 2.45 bits per heavy atom. The van der Waals surface area contributed by atoms with Crippen LogP contribution in [0.25, 0.3) is 0 Å². The van der Waals surface area contributed by atoms with E-state index in [2.05, 4.69) is 5.32 Å². The van der Waals surface area contributed by atoms with Gasteiger partial charge in [0, 0.05) is 13.3 Å². The van der Waals surface area contributed by atoms with Gasteiger partial charge in [-0.1, -0.05) is 13.0 Å². The fourth-order valence-corrected chi connectivity index (χ4v) is 2.78. The van der Waals surface area contributed by atoms with Gasteiger partial charge in [-0.15, -0.1) is 0 Å². The highest BCUT2D eigenvalue weighted by molar-refractivity contribution is 6.55. The van der Waals surface area contributed by atoms with Crippen LogP contribution in [0.2, 0.25) is 0 Å². The van der Waals surface area contributed by atoms with Crippen LogP contribution in [0.4, 0.5) is 10.5 Å². The Kier molecular flexibility index (Phi) is 7.74. The summed E-state index contributed by atoms with van der Waals surface area (Å²) in [6, 6.07) is 4.53. The summed E-state index contributed by atoms with van der Waals surface area (Å²) >= 11 is 0. The molecule has 1 aromatic rings. The van der Waals surface area contributed by atoms with Crippen LogP contribution < -0.4 is 10.1 Å². The lowest BCUT2D eigenvalue weighted by Crippen LogP contribution is -2.61. The van der Waals surface area contributed by atoms with Crippen LogP contribution in [0.5, 0.6) is 5.75 Å². The second-order valence-corrected chi connectivity index (χ2v) is 6.63. The highest BCUT2D eigenvalue weighted by Crippen LogP contribution is 2.31. The van der Waals surface area contributed by atoms with Crippen LogP contribution in [0.3, 0.4) is 0 Å². The molecule has 1 fully saturated rings. The summed E-state index contributed by atoms with van der Waals surface area (Å²) in [5, 5.41) is 32.8. The van der Waals surface area contributed by atoms with Crippen LogP contribution in [0, 0.1) is 0 Å². The van der Waals surface area contributed by atoms with Crippen molar-refractivity contribution < 1.29 is 43.9 Å². The van der Waals surface area contributed by atoms with Crippen molar-refractivity contribution in [2.75, 3.05) is 5.32 Å². The summed E-state index contributed by atoms with van der Waals surface area (Å²) in [5.41, 5.74) is 0.771. The number of anilines is 1. The van der Waals surface area contributed by atoms with E-state index in [1.165, 1.54) is 26.9 Å². The fraction of sp³-hybridized carbons (Fsp3) is 0.500. The Morgan fingerprint density at radius 1 is 1.17 bits per heavy atom. The minimum atomic E-state index is -1.67. The molecule has 4 N–H and O–H groups in total. The largest absolute Gasteiger partial charge is 0.469 e. The molecule has 11 heteroatoms. The lowest BCUT2D eigenvalue weighted by atomic mass is 9.95. The van der Waals surface area contributed by atoms with Gasteiger partial charge in [0.15, 0.2) is 5.78 Å². The molecule has 0 radical (unpaired) electrons. The van der Waals surface area contributed by atoms with Crippen LogP contribution in [0.15, 0.2) is 18.2 Å². The Morgan fingerprint density at radius 2 is 1.86 bits per heavy atom. The van der Waals surface area contributed by atoms with Crippen molar-refractivity contribution in [2.24, 2.45) is 0 Å². The number of nitrogens with one attached hydrogen (secondary N) is 1. The number of aliphatic hydroxyl groups is 3. The first kappa shape index (κ1) is 22.8. The smallest absolute Gasteiger partial charge is 0.243 e. The molecule has 0 spiro atoms. The van der Waals surface area contributed by atoms with Crippen molar-refractivity contribution in [3.63, 3.8) is 0 Å². The number of Topliss-reactive ketones (excluding diaryl/α,β-unsaturated/α-hetero) is 1. The molecule has 5 atom stereocenters. The average Bonchev–Trinajstić information content (AvgIpc) is 2.67. The fourth-order valence-electron chi connectivity index (χ4n) is 2.78. The number of amides is 1. The first-order valence-electron chi connectivity index (χ1n) is 9.07. The molecule has 10 nitrogen and oxygen atoms in total. The quantitative estimate of drug-likeness (QED) is 0.419. The van der Waals surface area contributed by atoms with E-state index in [1.54, 1.807) is 13.0 Å². The molecule has 1 amide bonds. The topological polar surface area (TPSA) is 152 Å². The summed E-state index contributed by atoms with van der Waals surface area (Å²) in [7, 11) is 1.27. The van der Waals surface area contributed by atoms with Crippen molar-refractivity contribution in [1.82, 2.24) is 0 Å². The average molecular weight is 409 g/mol. The van der Waals surface area contributed by atoms with Gasteiger partial charge in [-0.3, -0.25) is 14.4 Å². The monoisotopic (exact) mass is 409 g/mol. The van der Waals surface area contributed by atoms with Crippen LogP contribution in [-0.2, 0) is 25.7 Å². The third-order valence-corrected chi connectivity index (χ3v) is 4.28. The van der Waals surface area contributed by atoms with Crippen LogP contribution >= 0.6 is 0 Å². The zero-order valence-electron chi connectivity index (χ0n) is 16.3. The van der Waals surface area contributed by atoms with Gasteiger partial charge in [-0.25, -0.2) is 0 Å². The third kappa shape index (κ3) is 5.76. The summed E-state index contributed by atoms with van der Waals surface area (Å²) in [6.45, 7) is 2.83. The minimum absolute atomic E-state index is 0.0251. The number of carbonyl (C=O) groups excluding carboxylic acids is 3. The first-order chi connectivity index (χ1) is 13.6. The van der Waals surface area contributed by atoms with E-state index < -0.39 is 48.3 Å². The molecular formula is C18H24BNO9. The number of aliphatic hydroxyl groups excluding tert-OH is 3. The van der Waals surface area contributed by atoms with Gasteiger partial charge in [0.25, 0.3) is 0 Å². The normalized spacial score (nSPS) is 26.4. The summed E-state index contributed by atoms with van der Waals surface area (Å²) in [6.07, 6.45) is -7.69. The molecule has 29 heavy (non-hydrogen) atoms. The maximum Gasteiger partial charge on any atom is 0.243 e. The highest BCUT2D eigenvalue weighted by atomic mass is 16.7. The van der Waals surface area contributed by atoms with Gasteiger partial charge in [0.2, 0.25) is 25.9 Å². The maximum atomic E-state index is 12.0. The molecule has 2 rings (SSSR count). The van der Waals surface area contributed by atoms with Crippen molar-refractivity contribution >= 4 is 31.1 Å². The maximum absolute atomic E-state index is 12.0. The van der Waals surface area contributed by atoms with Crippen molar-refractivity contribution in [3.8, 4) is 5.75 Å². The standard InChI is InChI=1S/C18H24BNO9/c1-3-11(22)16-14(24)13(23)15(25)17(29-16)28-12-5-4-9(7-27-18(19)26)6-10(12)20-8(2)21/h4-6,13-17,23-25H,3,7,19H2,1-2H3,(H,20,21)/t13?,14-,15+,16?,17?/m0/s1. The molecule has 158 valence electrons. The van der Waals surface area contributed by atoms with Gasteiger partial charge in [-0.05, 0) is 17.7 Å². The van der Waals surface area contributed by atoms with Crippen molar-refractivity contribution in [3.05, 3.63) is 23.8 Å². The molecule has 0 bridgehead atoms. The van der Waals surface area contributed by atoms with Crippen molar-refractivity contribution in [1.29, 1.82) is 0 Å². The van der Waals surface area contributed by atoms with Gasteiger partial charge >= 0.3 is 0 Å². The van der Waals surface area contributed by atoms with E-state index >= 15 is 0 Å². The number of ketones is 1. The Hall–Kier alpha value is -2.47. The van der Waals surface area contributed by atoms with Crippen LogP contribution in [-0.4, -0.2) is 71.4 Å². The number of carbonyl (C=O) groups is 3. The number of benzene rings is 1. The molecule has 0 saturated carbocycles. The number of ether oxygens (including phenoxy) is 3. The zero-order valence-corrected chi connectivity index (χ0v) is 16.3. The van der Waals surface area contributed by atoms with E-state index in [-0.39, 0.29) is 24.5 Å².